The molecule has 112 valence electrons. The smallest absolute Gasteiger partial charge is 0.0653 e. The van der Waals surface area contributed by atoms with Crippen LogP contribution in [-0.4, -0.2) is 26.3 Å². The highest BCUT2D eigenvalue weighted by Gasteiger charge is 2.40. The lowest BCUT2D eigenvalue weighted by molar-refractivity contribution is 0.161. The van der Waals surface area contributed by atoms with E-state index in [-0.39, 0.29) is 0 Å². The molecule has 1 fully saturated rings. The molecule has 1 unspecified atom stereocenters. The van der Waals surface area contributed by atoms with Gasteiger partial charge in [-0.15, -0.1) is 0 Å². The topological polar surface area (TPSA) is 12.5 Å². The van der Waals surface area contributed by atoms with Gasteiger partial charge < -0.3 is 9.64 Å². The van der Waals surface area contributed by atoms with E-state index in [1.165, 1.54) is 41.6 Å². The van der Waals surface area contributed by atoms with Crippen molar-refractivity contribution in [3.63, 3.8) is 0 Å². The van der Waals surface area contributed by atoms with Crippen molar-refractivity contribution in [3.05, 3.63) is 35.4 Å². The summed E-state index contributed by atoms with van der Waals surface area (Å²) in [6, 6.07) is 7.85. The molecule has 0 saturated heterocycles. The predicted octanol–water partition coefficient (Wildman–Crippen LogP) is 3.90. The molecular formula is C19H25NO. The fraction of sp³-hybridized carbons (Fsp3) is 0.579. The van der Waals surface area contributed by atoms with Crippen LogP contribution in [0.2, 0.25) is 0 Å². The molecule has 2 atom stereocenters. The second kappa shape index (κ2) is 5.17. The van der Waals surface area contributed by atoms with Gasteiger partial charge in [-0.25, -0.2) is 0 Å². The van der Waals surface area contributed by atoms with E-state index in [1.807, 2.05) is 0 Å². The first-order valence-electron chi connectivity index (χ1n) is 8.37. The second-order valence-corrected chi connectivity index (χ2v) is 7.02. The minimum atomic E-state index is 0.755. The highest BCUT2D eigenvalue weighted by atomic mass is 16.5. The molecule has 3 aliphatic rings. The number of hydrogen-bond donors (Lipinski definition) is 0. The standard InChI is InChI=1S/C19H25NO/c1-13-11-17-12-16(14-7-9-21-10-8-14)5-6-18(17)20(2)19(13)15-3-4-15/h5-7,12-13,15,19H,3-4,8-11H2,1-2H3/t13?,19-/m1/s1. The Labute approximate surface area is 127 Å². The zero-order valence-corrected chi connectivity index (χ0v) is 13.1. The lowest BCUT2D eigenvalue weighted by Crippen LogP contribution is -2.43. The molecule has 0 aromatic heterocycles. The number of benzene rings is 1. The molecule has 0 radical (unpaired) electrons. The molecule has 1 aliphatic carbocycles. The van der Waals surface area contributed by atoms with Gasteiger partial charge in [0.1, 0.15) is 0 Å². The molecule has 2 aliphatic heterocycles. The van der Waals surface area contributed by atoms with E-state index in [0.29, 0.717) is 0 Å². The monoisotopic (exact) mass is 283 g/mol. The van der Waals surface area contributed by atoms with Gasteiger partial charge in [-0.05, 0) is 66.4 Å². The number of ether oxygens (including phenoxy) is 1. The molecule has 4 rings (SSSR count). The van der Waals surface area contributed by atoms with Crippen molar-refractivity contribution in [2.45, 2.75) is 38.6 Å². The molecule has 0 bridgehead atoms. The summed E-state index contributed by atoms with van der Waals surface area (Å²) < 4.78 is 5.43. The zero-order chi connectivity index (χ0) is 14.4. The molecule has 2 nitrogen and oxygen atoms in total. The third kappa shape index (κ3) is 2.40. The summed E-state index contributed by atoms with van der Waals surface area (Å²) in [5.74, 6) is 1.71. The molecule has 0 spiro atoms. The minimum absolute atomic E-state index is 0.755. The SMILES string of the molecule is CC1Cc2cc(C3=CCOCC3)ccc2N(C)[C@H]1C1CC1. The van der Waals surface area contributed by atoms with Crippen molar-refractivity contribution < 1.29 is 4.74 Å². The van der Waals surface area contributed by atoms with Gasteiger partial charge in [0.2, 0.25) is 0 Å². The van der Waals surface area contributed by atoms with E-state index in [2.05, 4.69) is 43.1 Å². The van der Waals surface area contributed by atoms with E-state index in [4.69, 9.17) is 4.74 Å². The maximum Gasteiger partial charge on any atom is 0.0653 e. The lowest BCUT2D eigenvalue weighted by Gasteiger charge is -2.41. The van der Waals surface area contributed by atoms with Crippen LogP contribution in [0.4, 0.5) is 5.69 Å². The number of rotatable bonds is 2. The van der Waals surface area contributed by atoms with Gasteiger partial charge in [-0.2, -0.15) is 0 Å². The van der Waals surface area contributed by atoms with Crippen molar-refractivity contribution in [1.82, 2.24) is 0 Å². The molecule has 1 aromatic carbocycles. The summed E-state index contributed by atoms with van der Waals surface area (Å²) in [4.78, 5) is 2.56. The summed E-state index contributed by atoms with van der Waals surface area (Å²) in [6.07, 6.45) is 7.39. The molecule has 1 saturated carbocycles. The largest absolute Gasteiger partial charge is 0.377 e. The van der Waals surface area contributed by atoms with Crippen LogP contribution >= 0.6 is 0 Å². The van der Waals surface area contributed by atoms with Crippen LogP contribution < -0.4 is 4.90 Å². The quantitative estimate of drug-likeness (QED) is 0.816. The van der Waals surface area contributed by atoms with Gasteiger partial charge >= 0.3 is 0 Å². The Morgan fingerprint density at radius 2 is 2.10 bits per heavy atom. The van der Waals surface area contributed by atoms with Crippen LogP contribution in [0.1, 0.15) is 37.3 Å². The second-order valence-electron chi connectivity index (χ2n) is 7.02. The predicted molar refractivity (Wildman–Crippen MR) is 87.6 cm³/mol. The van der Waals surface area contributed by atoms with E-state index in [1.54, 1.807) is 0 Å². The summed E-state index contributed by atoms with van der Waals surface area (Å²) >= 11 is 0. The highest BCUT2D eigenvalue weighted by Crippen LogP contribution is 2.45. The fourth-order valence-corrected chi connectivity index (χ4v) is 4.31. The van der Waals surface area contributed by atoms with Crippen LogP contribution in [0.5, 0.6) is 0 Å². The third-order valence-electron chi connectivity index (χ3n) is 5.47. The lowest BCUT2D eigenvalue weighted by atomic mass is 9.83. The average Bonchev–Trinajstić information content (AvgIpc) is 3.32. The minimum Gasteiger partial charge on any atom is -0.377 e. The molecule has 2 heteroatoms. The Balaban J connectivity index is 1.66. The first kappa shape index (κ1) is 13.4. The van der Waals surface area contributed by atoms with Gasteiger partial charge in [0.25, 0.3) is 0 Å². The van der Waals surface area contributed by atoms with Crippen LogP contribution in [0.15, 0.2) is 24.3 Å². The first-order chi connectivity index (χ1) is 10.2. The number of fused-ring (bicyclic) bond motifs is 1. The van der Waals surface area contributed by atoms with Crippen molar-refractivity contribution in [1.29, 1.82) is 0 Å². The normalized spacial score (nSPS) is 29.0. The van der Waals surface area contributed by atoms with Gasteiger partial charge in [-0.1, -0.05) is 19.1 Å². The van der Waals surface area contributed by atoms with E-state index in [9.17, 15) is 0 Å². The van der Waals surface area contributed by atoms with Gasteiger partial charge in [0.05, 0.1) is 13.2 Å². The Kier molecular flexibility index (Phi) is 3.30. The molecular weight excluding hydrogens is 258 g/mol. The maximum absolute atomic E-state index is 5.43. The van der Waals surface area contributed by atoms with Crippen LogP contribution in [0, 0.1) is 11.8 Å². The molecule has 0 amide bonds. The Bertz CT molecular complexity index is 573. The number of anilines is 1. The maximum atomic E-state index is 5.43. The Morgan fingerprint density at radius 1 is 1.24 bits per heavy atom. The molecule has 0 N–H and O–H groups in total. The summed E-state index contributed by atoms with van der Waals surface area (Å²) in [6.45, 7) is 4.07. The van der Waals surface area contributed by atoms with Gasteiger partial charge in [0.15, 0.2) is 0 Å². The van der Waals surface area contributed by atoms with E-state index >= 15 is 0 Å². The molecule has 2 heterocycles. The van der Waals surface area contributed by atoms with Crippen molar-refractivity contribution in [2.75, 3.05) is 25.2 Å². The number of nitrogens with zero attached hydrogens (tertiary/aromatic N) is 1. The van der Waals surface area contributed by atoms with E-state index < -0.39 is 0 Å². The van der Waals surface area contributed by atoms with E-state index in [0.717, 1.165) is 37.5 Å². The zero-order valence-electron chi connectivity index (χ0n) is 13.1. The number of hydrogen-bond acceptors (Lipinski definition) is 2. The first-order valence-corrected chi connectivity index (χ1v) is 8.37. The van der Waals surface area contributed by atoms with Crippen molar-refractivity contribution >= 4 is 11.3 Å². The summed E-state index contributed by atoms with van der Waals surface area (Å²) in [5.41, 5.74) is 5.86. The highest BCUT2D eigenvalue weighted by molar-refractivity contribution is 5.70. The van der Waals surface area contributed by atoms with Crippen LogP contribution in [0.25, 0.3) is 5.57 Å². The Morgan fingerprint density at radius 3 is 2.81 bits per heavy atom. The van der Waals surface area contributed by atoms with Crippen LogP contribution in [-0.2, 0) is 11.2 Å². The third-order valence-corrected chi connectivity index (χ3v) is 5.47. The fourth-order valence-electron chi connectivity index (χ4n) is 4.31. The van der Waals surface area contributed by atoms with Crippen LogP contribution in [0.3, 0.4) is 0 Å². The van der Waals surface area contributed by atoms with Gasteiger partial charge in [-0.3, -0.25) is 0 Å². The summed E-state index contributed by atoms with van der Waals surface area (Å²) in [7, 11) is 2.30. The van der Waals surface area contributed by atoms with Crippen molar-refractivity contribution in [2.24, 2.45) is 11.8 Å². The van der Waals surface area contributed by atoms with Crippen molar-refractivity contribution in [3.8, 4) is 0 Å². The average molecular weight is 283 g/mol. The van der Waals surface area contributed by atoms with Gasteiger partial charge in [0, 0.05) is 18.8 Å². The Hall–Kier alpha value is -1.28. The summed E-state index contributed by atoms with van der Waals surface area (Å²) in [5, 5.41) is 0. The molecule has 1 aromatic rings. The molecule has 21 heavy (non-hydrogen) atoms.